The molecule has 1 aliphatic rings. The molecule has 150 valence electrons. The molecule has 1 aliphatic heterocycles. The van der Waals surface area contributed by atoms with Gasteiger partial charge in [0, 0.05) is 31.7 Å². The van der Waals surface area contributed by atoms with Crippen molar-refractivity contribution in [3.63, 3.8) is 0 Å². The first-order valence-corrected chi connectivity index (χ1v) is 9.55. The lowest BCUT2D eigenvalue weighted by atomic mass is 10.1. The second-order valence-electron chi connectivity index (χ2n) is 6.67. The number of hydrogen-bond acceptors (Lipinski definition) is 3. The van der Waals surface area contributed by atoms with Crippen LogP contribution in [0.4, 0.5) is 4.39 Å². The maximum Gasteiger partial charge on any atom is 0.194 e. The Balaban J connectivity index is 0.00000364. The second kappa shape index (κ2) is 12.1. The van der Waals surface area contributed by atoms with Crippen molar-refractivity contribution >= 4 is 29.9 Å². The zero-order valence-corrected chi connectivity index (χ0v) is 18.9. The quantitative estimate of drug-likeness (QED) is 0.364. The van der Waals surface area contributed by atoms with Crippen molar-refractivity contribution in [1.82, 2.24) is 15.1 Å². The van der Waals surface area contributed by atoms with E-state index in [2.05, 4.69) is 40.0 Å². The van der Waals surface area contributed by atoms with E-state index in [9.17, 15) is 4.39 Å². The number of hydrogen-bond donors (Lipinski definition) is 1. The number of benzene rings is 1. The maximum atomic E-state index is 14.0. The van der Waals surface area contributed by atoms with Gasteiger partial charge in [0.05, 0.1) is 18.2 Å². The van der Waals surface area contributed by atoms with Crippen LogP contribution in [0.2, 0.25) is 0 Å². The third-order valence-electron chi connectivity index (χ3n) is 4.91. The van der Waals surface area contributed by atoms with Crippen LogP contribution in [-0.2, 0) is 6.54 Å². The first-order valence-electron chi connectivity index (χ1n) is 9.55. The zero-order chi connectivity index (χ0) is 18.9. The summed E-state index contributed by atoms with van der Waals surface area (Å²) in [7, 11) is 0. The molecule has 0 bridgehead atoms. The molecular formula is C20H31FIN5. The molecule has 0 aliphatic carbocycles. The molecule has 1 saturated heterocycles. The molecular weight excluding hydrogens is 456 g/mol. The van der Waals surface area contributed by atoms with Gasteiger partial charge in [-0.05, 0) is 50.6 Å². The first-order chi connectivity index (χ1) is 12.6. The van der Waals surface area contributed by atoms with Gasteiger partial charge in [-0.2, -0.15) is 5.26 Å². The van der Waals surface area contributed by atoms with Crippen LogP contribution in [-0.4, -0.2) is 55.0 Å². The topological polar surface area (TPSA) is 54.7 Å². The van der Waals surface area contributed by atoms with Crippen molar-refractivity contribution in [1.29, 1.82) is 5.26 Å². The minimum Gasteiger partial charge on any atom is -0.357 e. The van der Waals surface area contributed by atoms with Crippen molar-refractivity contribution in [3.8, 4) is 6.07 Å². The smallest absolute Gasteiger partial charge is 0.194 e. The van der Waals surface area contributed by atoms with Crippen LogP contribution in [0.25, 0.3) is 0 Å². The summed E-state index contributed by atoms with van der Waals surface area (Å²) >= 11 is 0. The van der Waals surface area contributed by atoms with Gasteiger partial charge in [-0.1, -0.05) is 13.8 Å². The summed E-state index contributed by atoms with van der Waals surface area (Å²) in [6.07, 6.45) is 1.15. The lowest BCUT2D eigenvalue weighted by Gasteiger charge is -2.24. The van der Waals surface area contributed by atoms with Crippen LogP contribution in [0.15, 0.2) is 23.2 Å². The van der Waals surface area contributed by atoms with Gasteiger partial charge in [0.2, 0.25) is 0 Å². The van der Waals surface area contributed by atoms with Crippen molar-refractivity contribution in [3.05, 3.63) is 35.1 Å². The van der Waals surface area contributed by atoms with E-state index in [1.807, 2.05) is 6.92 Å². The standard InChI is InChI=1S/C20H30FN5.HI/c1-4-23-20(24-13-18-11-16(12-22)7-8-19(18)21)26-10-9-17(15-26)14-25(5-2)6-3;/h7-8,11,17H,4-6,9-10,13-15H2,1-3H3,(H,23,24);1H. The number of nitrogens with one attached hydrogen (secondary N) is 1. The Morgan fingerprint density at radius 3 is 2.74 bits per heavy atom. The fourth-order valence-electron chi connectivity index (χ4n) is 3.37. The molecule has 1 heterocycles. The molecule has 27 heavy (non-hydrogen) atoms. The number of guanidine groups is 1. The Kier molecular flexibility index (Phi) is 10.6. The average Bonchev–Trinajstić information content (AvgIpc) is 3.12. The van der Waals surface area contributed by atoms with Gasteiger partial charge < -0.3 is 15.1 Å². The van der Waals surface area contributed by atoms with Gasteiger partial charge in [0.25, 0.3) is 0 Å². The molecule has 7 heteroatoms. The van der Waals surface area contributed by atoms with Crippen molar-refractivity contribution in [2.45, 2.75) is 33.7 Å². The Bertz CT molecular complexity index is 654. The van der Waals surface area contributed by atoms with Crippen LogP contribution in [0.3, 0.4) is 0 Å². The maximum absolute atomic E-state index is 14.0. The minimum atomic E-state index is -0.315. The summed E-state index contributed by atoms with van der Waals surface area (Å²) < 4.78 is 14.0. The van der Waals surface area contributed by atoms with E-state index in [0.717, 1.165) is 51.6 Å². The molecule has 1 aromatic carbocycles. The summed E-state index contributed by atoms with van der Waals surface area (Å²) in [5.41, 5.74) is 0.917. The molecule has 0 spiro atoms. The van der Waals surface area contributed by atoms with Gasteiger partial charge in [0.15, 0.2) is 5.96 Å². The number of aliphatic imine (C=N–C) groups is 1. The Morgan fingerprint density at radius 2 is 2.11 bits per heavy atom. The number of nitrogens with zero attached hydrogens (tertiary/aromatic N) is 4. The predicted molar refractivity (Wildman–Crippen MR) is 119 cm³/mol. The first kappa shape index (κ1) is 23.6. The minimum absolute atomic E-state index is 0. The predicted octanol–water partition coefficient (Wildman–Crippen LogP) is 3.44. The van der Waals surface area contributed by atoms with Crippen molar-refractivity contribution in [2.75, 3.05) is 39.3 Å². The molecule has 0 saturated carbocycles. The van der Waals surface area contributed by atoms with Crippen LogP contribution in [0.5, 0.6) is 0 Å². The summed E-state index contributed by atoms with van der Waals surface area (Å²) in [5.74, 6) is 1.15. The largest absolute Gasteiger partial charge is 0.357 e. The average molecular weight is 487 g/mol. The van der Waals surface area contributed by atoms with Crippen LogP contribution >= 0.6 is 24.0 Å². The van der Waals surface area contributed by atoms with Gasteiger partial charge in [-0.15, -0.1) is 24.0 Å². The number of rotatable bonds is 7. The summed E-state index contributed by atoms with van der Waals surface area (Å²) in [6.45, 7) is 12.7. The highest BCUT2D eigenvalue weighted by atomic mass is 127. The molecule has 1 atom stereocenters. The lowest BCUT2D eigenvalue weighted by Crippen LogP contribution is -2.40. The molecule has 1 unspecified atom stereocenters. The molecule has 0 aromatic heterocycles. The summed E-state index contributed by atoms with van der Waals surface area (Å²) in [4.78, 5) is 9.35. The van der Waals surface area contributed by atoms with E-state index in [0.29, 0.717) is 17.0 Å². The molecule has 0 radical (unpaired) electrons. The molecule has 5 nitrogen and oxygen atoms in total. The molecule has 1 aromatic rings. The molecule has 0 amide bonds. The molecule has 2 rings (SSSR count). The van der Waals surface area contributed by atoms with Crippen molar-refractivity contribution in [2.24, 2.45) is 10.9 Å². The van der Waals surface area contributed by atoms with E-state index >= 15 is 0 Å². The Hall–Kier alpha value is -1.40. The van der Waals surface area contributed by atoms with E-state index in [-0.39, 0.29) is 36.3 Å². The van der Waals surface area contributed by atoms with E-state index < -0.39 is 0 Å². The van der Waals surface area contributed by atoms with Gasteiger partial charge in [-0.25, -0.2) is 9.38 Å². The van der Waals surface area contributed by atoms with E-state index in [1.165, 1.54) is 12.1 Å². The highest BCUT2D eigenvalue weighted by molar-refractivity contribution is 14.0. The van der Waals surface area contributed by atoms with Gasteiger partial charge in [-0.3, -0.25) is 0 Å². The number of likely N-dealkylation sites (tertiary alicyclic amines) is 1. The zero-order valence-electron chi connectivity index (χ0n) is 16.5. The second-order valence-corrected chi connectivity index (χ2v) is 6.67. The lowest BCUT2D eigenvalue weighted by molar-refractivity contribution is 0.255. The van der Waals surface area contributed by atoms with Gasteiger partial charge >= 0.3 is 0 Å². The monoisotopic (exact) mass is 487 g/mol. The van der Waals surface area contributed by atoms with Crippen LogP contribution in [0, 0.1) is 23.1 Å². The van der Waals surface area contributed by atoms with Gasteiger partial charge in [0.1, 0.15) is 5.82 Å². The highest BCUT2D eigenvalue weighted by Crippen LogP contribution is 2.18. The molecule has 1 fully saturated rings. The van der Waals surface area contributed by atoms with Crippen LogP contribution < -0.4 is 5.32 Å². The van der Waals surface area contributed by atoms with Crippen LogP contribution in [0.1, 0.15) is 38.3 Å². The highest BCUT2D eigenvalue weighted by Gasteiger charge is 2.25. The third kappa shape index (κ3) is 6.92. The summed E-state index contributed by atoms with van der Waals surface area (Å²) in [6, 6.07) is 6.46. The fraction of sp³-hybridized carbons (Fsp3) is 0.600. The Labute approximate surface area is 179 Å². The normalized spacial score (nSPS) is 17.0. The summed E-state index contributed by atoms with van der Waals surface area (Å²) in [5, 5.41) is 12.3. The van der Waals surface area contributed by atoms with E-state index in [1.54, 1.807) is 6.07 Å². The number of halogens is 2. The SMILES string of the molecule is CCNC(=NCc1cc(C#N)ccc1F)N1CCC(CN(CC)CC)C1.I. The number of nitriles is 1. The Morgan fingerprint density at radius 1 is 1.37 bits per heavy atom. The third-order valence-corrected chi connectivity index (χ3v) is 4.91. The fourth-order valence-corrected chi connectivity index (χ4v) is 3.37. The van der Waals surface area contributed by atoms with Crippen molar-refractivity contribution < 1.29 is 4.39 Å². The molecule has 1 N–H and O–H groups in total. The van der Waals surface area contributed by atoms with E-state index in [4.69, 9.17) is 5.26 Å².